The van der Waals surface area contributed by atoms with Gasteiger partial charge in [-0.3, -0.25) is 4.79 Å². The highest BCUT2D eigenvalue weighted by atomic mass is 16.5. The highest BCUT2D eigenvalue weighted by molar-refractivity contribution is 5.92. The Bertz CT molecular complexity index is 973. The average molecular weight is 419 g/mol. The molecule has 0 aliphatic rings. The minimum atomic E-state index is -0.205. The molecule has 0 aromatic heterocycles. The molecule has 0 radical (unpaired) electrons. The van der Waals surface area contributed by atoms with Gasteiger partial charge in [0.25, 0.3) is 5.91 Å². The zero-order chi connectivity index (χ0) is 21.9. The first-order chi connectivity index (χ1) is 15.2. The van der Waals surface area contributed by atoms with Crippen molar-refractivity contribution >= 4 is 11.6 Å². The van der Waals surface area contributed by atoms with E-state index in [0.717, 1.165) is 36.3 Å². The first-order valence-electron chi connectivity index (χ1n) is 10.6. The zero-order valence-electron chi connectivity index (χ0n) is 18.2. The molecule has 0 bridgehead atoms. The number of anilines is 1. The number of nitrogens with one attached hydrogen (secondary N) is 2. The van der Waals surface area contributed by atoms with Crippen LogP contribution in [0.3, 0.4) is 0 Å². The summed E-state index contributed by atoms with van der Waals surface area (Å²) in [6, 6.07) is 23.9. The van der Waals surface area contributed by atoms with Crippen LogP contribution in [-0.2, 0) is 17.8 Å². The molecule has 5 nitrogen and oxygen atoms in total. The molecule has 0 spiro atoms. The van der Waals surface area contributed by atoms with E-state index in [4.69, 9.17) is 9.47 Å². The molecule has 162 valence electrons. The van der Waals surface area contributed by atoms with Gasteiger partial charge >= 0.3 is 0 Å². The molecule has 0 saturated heterocycles. The average Bonchev–Trinajstić information content (AvgIpc) is 2.79. The van der Waals surface area contributed by atoms with Gasteiger partial charge in [0.15, 0.2) is 18.1 Å². The number of ether oxygens (including phenoxy) is 2. The number of hydrogen-bond donors (Lipinski definition) is 2. The third kappa shape index (κ3) is 7.15. The largest absolute Gasteiger partial charge is 0.490 e. The van der Waals surface area contributed by atoms with E-state index in [1.54, 1.807) is 0 Å². The summed E-state index contributed by atoms with van der Waals surface area (Å²) < 4.78 is 11.5. The van der Waals surface area contributed by atoms with Crippen LogP contribution in [0.1, 0.15) is 23.6 Å². The van der Waals surface area contributed by atoms with Crippen molar-refractivity contribution in [1.29, 1.82) is 0 Å². The van der Waals surface area contributed by atoms with Gasteiger partial charge in [0, 0.05) is 12.2 Å². The van der Waals surface area contributed by atoms with Crippen molar-refractivity contribution in [3.63, 3.8) is 0 Å². The maximum atomic E-state index is 12.3. The van der Waals surface area contributed by atoms with Gasteiger partial charge in [0.1, 0.15) is 0 Å². The van der Waals surface area contributed by atoms with E-state index in [9.17, 15) is 4.79 Å². The molecule has 1 amide bonds. The summed E-state index contributed by atoms with van der Waals surface area (Å²) in [6.07, 6.45) is 0.982. The lowest BCUT2D eigenvalue weighted by Gasteiger charge is -2.14. The first kappa shape index (κ1) is 22.4. The Labute approximate surface area is 184 Å². The van der Waals surface area contributed by atoms with Gasteiger partial charge in [-0.05, 0) is 61.7 Å². The van der Waals surface area contributed by atoms with Gasteiger partial charge in [-0.2, -0.15) is 0 Å². The molecule has 0 aliphatic heterocycles. The molecule has 0 aliphatic carbocycles. The lowest BCUT2D eigenvalue weighted by atomic mass is 10.1. The minimum absolute atomic E-state index is 0.0803. The van der Waals surface area contributed by atoms with Crippen LogP contribution in [-0.4, -0.2) is 25.7 Å². The van der Waals surface area contributed by atoms with Gasteiger partial charge in [0.2, 0.25) is 0 Å². The smallest absolute Gasteiger partial charge is 0.262 e. The standard InChI is InChI=1S/C26H30N2O3/c1-3-30-25-17-22(18-27-16-15-21-10-5-4-6-11-21)13-14-24(25)31-19-26(29)28-23-12-8-7-9-20(23)2/h4-14,17,27H,3,15-16,18-19H2,1-2H3,(H,28,29). The third-order valence-electron chi connectivity index (χ3n) is 4.85. The van der Waals surface area contributed by atoms with Crippen molar-refractivity contribution in [2.75, 3.05) is 25.1 Å². The summed E-state index contributed by atoms with van der Waals surface area (Å²) in [5.41, 5.74) is 4.22. The van der Waals surface area contributed by atoms with Crippen molar-refractivity contribution in [2.45, 2.75) is 26.8 Å². The van der Waals surface area contributed by atoms with Crippen LogP contribution in [0.2, 0.25) is 0 Å². The van der Waals surface area contributed by atoms with Gasteiger partial charge in [-0.25, -0.2) is 0 Å². The molecular weight excluding hydrogens is 388 g/mol. The van der Waals surface area contributed by atoms with Gasteiger partial charge in [-0.1, -0.05) is 54.6 Å². The molecule has 3 aromatic carbocycles. The number of para-hydroxylation sites is 1. The molecule has 0 fully saturated rings. The van der Waals surface area contributed by atoms with Crippen molar-refractivity contribution in [2.24, 2.45) is 0 Å². The Kier molecular flexibility index (Phi) is 8.49. The van der Waals surface area contributed by atoms with Crippen LogP contribution in [0.5, 0.6) is 11.5 Å². The van der Waals surface area contributed by atoms with Crippen LogP contribution >= 0.6 is 0 Å². The summed E-state index contributed by atoms with van der Waals surface area (Å²) in [7, 11) is 0. The maximum Gasteiger partial charge on any atom is 0.262 e. The molecule has 0 unspecified atom stereocenters. The Morgan fingerprint density at radius 3 is 2.42 bits per heavy atom. The fourth-order valence-electron chi connectivity index (χ4n) is 3.20. The number of hydrogen-bond acceptors (Lipinski definition) is 4. The molecule has 5 heteroatoms. The molecule has 2 N–H and O–H groups in total. The fraction of sp³-hybridized carbons (Fsp3) is 0.269. The first-order valence-corrected chi connectivity index (χ1v) is 10.6. The lowest BCUT2D eigenvalue weighted by molar-refractivity contribution is -0.118. The van der Waals surface area contributed by atoms with Gasteiger partial charge in [-0.15, -0.1) is 0 Å². The van der Waals surface area contributed by atoms with Crippen molar-refractivity contribution in [3.8, 4) is 11.5 Å². The minimum Gasteiger partial charge on any atom is -0.490 e. The number of benzene rings is 3. The molecule has 3 rings (SSSR count). The number of rotatable bonds is 11. The van der Waals surface area contributed by atoms with Crippen molar-refractivity contribution in [3.05, 3.63) is 89.5 Å². The number of amides is 1. The predicted octanol–water partition coefficient (Wildman–Crippen LogP) is 4.74. The summed E-state index contributed by atoms with van der Waals surface area (Å²) in [6.45, 7) is 5.96. The second kappa shape index (κ2) is 11.8. The van der Waals surface area contributed by atoms with Crippen LogP contribution in [0.25, 0.3) is 0 Å². The number of carbonyl (C=O) groups excluding carboxylic acids is 1. The van der Waals surface area contributed by atoms with E-state index in [2.05, 4.69) is 34.9 Å². The van der Waals surface area contributed by atoms with E-state index in [1.807, 2.05) is 62.4 Å². The van der Waals surface area contributed by atoms with Crippen LogP contribution in [0.4, 0.5) is 5.69 Å². The van der Waals surface area contributed by atoms with E-state index in [-0.39, 0.29) is 12.5 Å². The molecule has 0 saturated carbocycles. The lowest BCUT2D eigenvalue weighted by Crippen LogP contribution is -2.21. The monoisotopic (exact) mass is 418 g/mol. The summed E-state index contributed by atoms with van der Waals surface area (Å²) >= 11 is 0. The fourth-order valence-corrected chi connectivity index (χ4v) is 3.20. The number of carbonyl (C=O) groups is 1. The van der Waals surface area contributed by atoms with E-state index < -0.39 is 0 Å². The second-order valence-corrected chi connectivity index (χ2v) is 7.28. The molecule has 0 heterocycles. The Hall–Kier alpha value is -3.31. The van der Waals surface area contributed by atoms with Crippen molar-refractivity contribution in [1.82, 2.24) is 5.32 Å². The third-order valence-corrected chi connectivity index (χ3v) is 4.85. The van der Waals surface area contributed by atoms with Crippen molar-refractivity contribution < 1.29 is 14.3 Å². The van der Waals surface area contributed by atoms with E-state index in [1.165, 1.54) is 5.56 Å². The molecule has 0 atom stereocenters. The van der Waals surface area contributed by atoms with Crippen LogP contribution in [0, 0.1) is 6.92 Å². The predicted molar refractivity (Wildman–Crippen MR) is 125 cm³/mol. The second-order valence-electron chi connectivity index (χ2n) is 7.28. The zero-order valence-corrected chi connectivity index (χ0v) is 18.2. The van der Waals surface area contributed by atoms with E-state index in [0.29, 0.717) is 18.1 Å². The normalized spacial score (nSPS) is 10.5. The SMILES string of the molecule is CCOc1cc(CNCCc2ccccc2)ccc1OCC(=O)Nc1ccccc1C. The molecule has 3 aromatic rings. The topological polar surface area (TPSA) is 59.6 Å². The van der Waals surface area contributed by atoms with Gasteiger partial charge in [0.05, 0.1) is 6.61 Å². The quantitative estimate of drug-likeness (QED) is 0.442. The Balaban J connectivity index is 1.52. The summed E-state index contributed by atoms with van der Waals surface area (Å²) in [5.74, 6) is 1.01. The van der Waals surface area contributed by atoms with Crippen LogP contribution in [0.15, 0.2) is 72.8 Å². The van der Waals surface area contributed by atoms with Gasteiger partial charge < -0.3 is 20.1 Å². The number of aryl methyl sites for hydroxylation is 1. The molecular formula is C26H30N2O3. The highest BCUT2D eigenvalue weighted by Gasteiger charge is 2.10. The van der Waals surface area contributed by atoms with Crippen LogP contribution < -0.4 is 20.1 Å². The summed E-state index contributed by atoms with van der Waals surface area (Å²) in [5, 5.41) is 6.34. The summed E-state index contributed by atoms with van der Waals surface area (Å²) in [4.78, 5) is 12.3. The maximum absolute atomic E-state index is 12.3. The highest BCUT2D eigenvalue weighted by Crippen LogP contribution is 2.28. The molecule has 31 heavy (non-hydrogen) atoms. The Morgan fingerprint density at radius 1 is 0.871 bits per heavy atom. The Morgan fingerprint density at radius 2 is 1.65 bits per heavy atom. The van der Waals surface area contributed by atoms with E-state index >= 15 is 0 Å².